The first-order valence-corrected chi connectivity index (χ1v) is 13.0. The minimum atomic E-state index is 0.338. The molecule has 2 fully saturated rings. The number of carbonyl (C=O) groups excluding carboxylic acids is 1. The molecule has 180 valence electrons. The van der Waals surface area contributed by atoms with Crippen molar-refractivity contribution in [2.24, 2.45) is 11.8 Å². The van der Waals surface area contributed by atoms with Crippen molar-refractivity contribution in [3.05, 3.63) is 53.1 Å². The maximum absolute atomic E-state index is 12.5. The topological polar surface area (TPSA) is 32.8 Å². The van der Waals surface area contributed by atoms with Crippen molar-refractivity contribution in [2.75, 3.05) is 39.3 Å². The van der Waals surface area contributed by atoms with Gasteiger partial charge in [0.2, 0.25) is 0 Å². The van der Waals surface area contributed by atoms with Gasteiger partial charge in [-0.3, -0.25) is 14.6 Å². The van der Waals surface area contributed by atoms with Crippen LogP contribution in [0.25, 0.3) is 0 Å². The summed E-state index contributed by atoms with van der Waals surface area (Å²) >= 11 is 0. The molecule has 0 radical (unpaired) electrons. The second kappa shape index (κ2) is 11.5. The van der Waals surface area contributed by atoms with Gasteiger partial charge in [-0.15, -0.1) is 0 Å². The van der Waals surface area contributed by atoms with E-state index in [4.69, 9.17) is 4.74 Å². The van der Waals surface area contributed by atoms with E-state index in [0.717, 1.165) is 68.9 Å². The molecular formula is C29H42N2O2. The Morgan fingerprint density at radius 2 is 1.70 bits per heavy atom. The molecule has 2 aliphatic heterocycles. The number of hydrogen-bond acceptors (Lipinski definition) is 4. The predicted octanol–water partition coefficient (Wildman–Crippen LogP) is 5.64. The minimum absolute atomic E-state index is 0.338. The number of benzene rings is 1. The highest BCUT2D eigenvalue weighted by Gasteiger charge is 2.31. The maximum atomic E-state index is 12.5. The average Bonchev–Trinajstić information content (AvgIpc) is 2.83. The van der Waals surface area contributed by atoms with Gasteiger partial charge in [0.15, 0.2) is 5.78 Å². The third-order valence-electron chi connectivity index (χ3n) is 8.03. The number of hydrogen-bond donors (Lipinski definition) is 0. The molecule has 1 aliphatic carbocycles. The summed E-state index contributed by atoms with van der Waals surface area (Å²) in [7, 11) is 0. The van der Waals surface area contributed by atoms with E-state index in [0.29, 0.717) is 24.0 Å². The Bertz CT molecular complexity index is 843. The third kappa shape index (κ3) is 6.58. The highest BCUT2D eigenvalue weighted by atomic mass is 16.5. The van der Waals surface area contributed by atoms with Crippen molar-refractivity contribution in [1.82, 2.24) is 9.80 Å². The van der Waals surface area contributed by atoms with E-state index in [9.17, 15) is 4.79 Å². The molecule has 0 bridgehead atoms. The van der Waals surface area contributed by atoms with Gasteiger partial charge in [-0.2, -0.15) is 0 Å². The molecule has 0 spiro atoms. The van der Waals surface area contributed by atoms with Crippen LogP contribution in [-0.2, 0) is 11.3 Å². The van der Waals surface area contributed by atoms with E-state index < -0.39 is 0 Å². The molecule has 4 nitrogen and oxygen atoms in total. The molecule has 4 heteroatoms. The Hall–Kier alpha value is -1.91. The largest absolute Gasteiger partial charge is 0.492 e. The number of Topliss-reactive ketones (excluding diaryl/α,β-unsaturated/α-hetero) is 1. The normalized spacial score (nSPS) is 23.7. The molecule has 4 rings (SSSR count). The first kappa shape index (κ1) is 24.2. The molecular weight excluding hydrogens is 408 g/mol. The van der Waals surface area contributed by atoms with Gasteiger partial charge < -0.3 is 4.74 Å². The molecule has 1 unspecified atom stereocenters. The summed E-state index contributed by atoms with van der Waals surface area (Å²) in [6, 6.07) is 8.67. The summed E-state index contributed by atoms with van der Waals surface area (Å²) in [6.07, 6.45) is 8.04. The fourth-order valence-electron chi connectivity index (χ4n) is 5.73. The molecule has 1 aromatic carbocycles. The van der Waals surface area contributed by atoms with E-state index in [2.05, 4.69) is 54.5 Å². The van der Waals surface area contributed by atoms with Crippen molar-refractivity contribution in [3.63, 3.8) is 0 Å². The SMILES string of the molecule is C=C(C)C1CC(=O)C(C)=C(C2CCN(Cc3ccc(OCCN4CCCCC4)cc3)CC2)C1. The molecule has 0 N–H and O–H groups in total. The van der Waals surface area contributed by atoms with E-state index in [1.807, 2.05) is 0 Å². The molecule has 0 aromatic heterocycles. The van der Waals surface area contributed by atoms with Crippen molar-refractivity contribution in [2.45, 2.75) is 65.3 Å². The van der Waals surface area contributed by atoms with E-state index in [1.165, 1.54) is 43.5 Å². The zero-order chi connectivity index (χ0) is 23.2. The van der Waals surface area contributed by atoms with Crippen molar-refractivity contribution >= 4 is 5.78 Å². The number of carbonyl (C=O) groups is 1. The molecule has 0 saturated carbocycles. The lowest BCUT2D eigenvalue weighted by molar-refractivity contribution is -0.116. The Morgan fingerprint density at radius 3 is 2.36 bits per heavy atom. The van der Waals surface area contributed by atoms with Gasteiger partial charge in [-0.25, -0.2) is 0 Å². The summed E-state index contributed by atoms with van der Waals surface area (Å²) in [4.78, 5) is 17.6. The highest BCUT2D eigenvalue weighted by Crippen LogP contribution is 2.38. The lowest BCUT2D eigenvalue weighted by atomic mass is 9.73. The summed E-state index contributed by atoms with van der Waals surface area (Å²) in [5.74, 6) is 2.22. The molecule has 3 aliphatic rings. The predicted molar refractivity (Wildman–Crippen MR) is 135 cm³/mol. The van der Waals surface area contributed by atoms with Crippen molar-refractivity contribution in [1.29, 1.82) is 0 Å². The number of nitrogens with zero attached hydrogens (tertiary/aromatic N) is 2. The smallest absolute Gasteiger partial charge is 0.159 e. The van der Waals surface area contributed by atoms with Gasteiger partial charge in [0.1, 0.15) is 12.4 Å². The number of likely N-dealkylation sites (tertiary alicyclic amines) is 2. The Kier molecular flexibility index (Phi) is 8.43. The summed E-state index contributed by atoms with van der Waals surface area (Å²) in [6.45, 7) is 15.7. The Labute approximate surface area is 200 Å². The van der Waals surface area contributed by atoms with E-state index >= 15 is 0 Å². The first-order chi connectivity index (χ1) is 16.0. The average molecular weight is 451 g/mol. The van der Waals surface area contributed by atoms with Gasteiger partial charge in [-0.05, 0) is 107 Å². The van der Waals surface area contributed by atoms with E-state index in [1.54, 1.807) is 0 Å². The summed E-state index contributed by atoms with van der Waals surface area (Å²) < 4.78 is 5.99. The zero-order valence-corrected chi connectivity index (χ0v) is 20.8. The number of allylic oxidation sites excluding steroid dienone is 3. The van der Waals surface area contributed by atoms with Crippen LogP contribution in [-0.4, -0.2) is 54.9 Å². The van der Waals surface area contributed by atoms with Gasteiger partial charge in [-0.1, -0.05) is 36.3 Å². The number of rotatable bonds is 8. The molecule has 1 aromatic rings. The molecule has 1 atom stereocenters. The van der Waals surface area contributed by atoms with Gasteiger partial charge >= 0.3 is 0 Å². The van der Waals surface area contributed by atoms with Gasteiger partial charge in [0.25, 0.3) is 0 Å². The molecule has 0 amide bonds. The van der Waals surface area contributed by atoms with Crippen LogP contribution in [0.2, 0.25) is 0 Å². The molecule has 2 heterocycles. The second-order valence-corrected chi connectivity index (χ2v) is 10.5. The number of ketones is 1. The monoisotopic (exact) mass is 450 g/mol. The van der Waals surface area contributed by atoms with Crippen LogP contribution in [0.5, 0.6) is 5.75 Å². The zero-order valence-electron chi connectivity index (χ0n) is 20.8. The number of ether oxygens (including phenoxy) is 1. The summed E-state index contributed by atoms with van der Waals surface area (Å²) in [5, 5.41) is 0. The van der Waals surface area contributed by atoms with Crippen molar-refractivity contribution in [3.8, 4) is 5.75 Å². The third-order valence-corrected chi connectivity index (χ3v) is 8.03. The van der Waals surface area contributed by atoms with Gasteiger partial charge in [0.05, 0.1) is 0 Å². The van der Waals surface area contributed by atoms with E-state index in [-0.39, 0.29) is 0 Å². The van der Waals surface area contributed by atoms with Crippen LogP contribution in [0.15, 0.2) is 47.6 Å². The highest BCUT2D eigenvalue weighted by molar-refractivity contribution is 5.96. The quantitative estimate of drug-likeness (QED) is 0.480. The van der Waals surface area contributed by atoms with Crippen LogP contribution in [0.4, 0.5) is 0 Å². The fraction of sp³-hybridized carbons (Fsp3) is 0.621. The Balaban J connectivity index is 1.22. The van der Waals surface area contributed by atoms with Crippen molar-refractivity contribution < 1.29 is 9.53 Å². The van der Waals surface area contributed by atoms with Crippen LogP contribution < -0.4 is 4.74 Å². The second-order valence-electron chi connectivity index (χ2n) is 10.5. The van der Waals surface area contributed by atoms with Crippen LogP contribution in [0.1, 0.15) is 64.4 Å². The summed E-state index contributed by atoms with van der Waals surface area (Å²) in [5.41, 5.74) is 4.97. The van der Waals surface area contributed by atoms with Gasteiger partial charge in [0, 0.05) is 19.5 Å². The van der Waals surface area contributed by atoms with Crippen LogP contribution in [0, 0.1) is 11.8 Å². The van der Waals surface area contributed by atoms with Crippen LogP contribution >= 0.6 is 0 Å². The maximum Gasteiger partial charge on any atom is 0.159 e. The minimum Gasteiger partial charge on any atom is -0.492 e. The lowest BCUT2D eigenvalue weighted by Gasteiger charge is -2.36. The fourth-order valence-corrected chi connectivity index (χ4v) is 5.73. The van der Waals surface area contributed by atoms with Crippen LogP contribution in [0.3, 0.4) is 0 Å². The lowest BCUT2D eigenvalue weighted by Crippen LogP contribution is -2.35. The Morgan fingerprint density at radius 1 is 1.00 bits per heavy atom. The standard InChI is InChI=1S/C29H42N2O2/c1-22(2)26-19-28(23(3)29(32)20-26)25-11-15-31(16-12-25)21-24-7-9-27(10-8-24)33-18-17-30-13-5-4-6-14-30/h7-10,25-26H,1,4-6,11-21H2,2-3H3. The first-order valence-electron chi connectivity index (χ1n) is 13.0. The molecule has 2 saturated heterocycles. The number of piperidine rings is 2. The molecule has 33 heavy (non-hydrogen) atoms.